The monoisotopic (exact) mass is 686 g/mol. The topological polar surface area (TPSA) is 144 Å². The van der Waals surface area contributed by atoms with Crippen LogP contribution < -0.4 is 30.8 Å². The molecule has 2 aromatic carbocycles. The minimum absolute atomic E-state index is 0.0164. The number of nitrogens with zero attached hydrogens (tertiary/aromatic N) is 3. The summed E-state index contributed by atoms with van der Waals surface area (Å²) in [5.74, 6) is -1.82. The number of carbonyl (C=O) groups is 2. The van der Waals surface area contributed by atoms with Gasteiger partial charge in [-0.15, -0.1) is 11.3 Å². The molecule has 1 N–H and O–H groups in total. The van der Waals surface area contributed by atoms with Crippen molar-refractivity contribution in [1.82, 2.24) is 14.1 Å². The number of para-hydroxylation sites is 1. The number of nitrogens with one attached hydrogen (secondary N) is 1. The minimum Gasteiger partial charge on any atom is -0.496 e. The van der Waals surface area contributed by atoms with Crippen LogP contribution in [-0.4, -0.2) is 45.5 Å². The van der Waals surface area contributed by atoms with Gasteiger partial charge in [-0.2, -0.15) is 0 Å². The summed E-state index contributed by atoms with van der Waals surface area (Å²) in [6.07, 6.45) is 0.155. The average Bonchev–Trinajstić information content (AvgIpc) is 3.82. The second kappa shape index (κ2) is 10.4. The Balaban J connectivity index is 1.34. The van der Waals surface area contributed by atoms with E-state index in [0.29, 0.717) is 16.5 Å². The maximum Gasteiger partial charge on any atom is 0.332 e. The Labute approximate surface area is 281 Å². The zero-order valence-corrected chi connectivity index (χ0v) is 27.9. The Bertz CT molecular complexity index is 2390. The number of furan rings is 1. The van der Waals surface area contributed by atoms with Crippen molar-refractivity contribution in [1.29, 1.82) is 0 Å². The first-order valence-electron chi connectivity index (χ1n) is 15.0. The lowest BCUT2D eigenvalue weighted by Gasteiger charge is -2.42. The maximum absolute atomic E-state index is 15.1. The molecule has 3 aromatic heterocycles. The molecule has 14 heteroatoms. The summed E-state index contributed by atoms with van der Waals surface area (Å²) < 4.78 is 27.0. The molecule has 0 saturated heterocycles. The number of thiazole rings is 1. The van der Waals surface area contributed by atoms with E-state index in [9.17, 15) is 14.4 Å². The molecule has 1 aliphatic carbocycles. The van der Waals surface area contributed by atoms with Crippen molar-refractivity contribution in [3.63, 3.8) is 0 Å². The van der Waals surface area contributed by atoms with Crippen molar-refractivity contribution in [2.24, 2.45) is 20.0 Å². The molecule has 3 atom stereocenters. The highest BCUT2D eigenvalue weighted by atomic mass is 35.5. The van der Waals surface area contributed by atoms with Crippen LogP contribution in [0.4, 0.5) is 5.82 Å². The molecule has 3 aliphatic rings. The molecular formula is C34H27ClN4O8S. The number of rotatable bonds is 4. The molecule has 0 radical (unpaired) electrons. The van der Waals surface area contributed by atoms with E-state index in [-0.39, 0.29) is 57.0 Å². The third kappa shape index (κ3) is 3.85. The fourth-order valence-corrected chi connectivity index (χ4v) is 8.27. The number of methoxy groups -OCH3 is 2. The van der Waals surface area contributed by atoms with E-state index in [1.165, 1.54) is 43.2 Å². The number of benzene rings is 2. The van der Waals surface area contributed by atoms with Gasteiger partial charge in [-0.1, -0.05) is 30.7 Å². The zero-order valence-electron chi connectivity index (χ0n) is 26.3. The lowest BCUT2D eigenvalue weighted by atomic mass is 9.66. The summed E-state index contributed by atoms with van der Waals surface area (Å²) >= 11 is 8.09. The Morgan fingerprint density at radius 1 is 1.02 bits per heavy atom. The lowest BCUT2D eigenvalue weighted by molar-refractivity contribution is -0.130. The smallest absolute Gasteiger partial charge is 0.332 e. The molecule has 5 aromatic rings. The summed E-state index contributed by atoms with van der Waals surface area (Å²) in [5, 5.41) is 3.84. The van der Waals surface area contributed by atoms with Gasteiger partial charge in [0.1, 0.15) is 33.7 Å². The maximum atomic E-state index is 15.1. The fourth-order valence-electron chi connectivity index (χ4n) is 7.07. The van der Waals surface area contributed by atoms with Crippen LogP contribution in [0.3, 0.4) is 0 Å². The highest BCUT2D eigenvalue weighted by Gasteiger charge is 2.64. The third-order valence-electron chi connectivity index (χ3n) is 9.49. The number of fused-ring (bicyclic) bond motifs is 3. The van der Waals surface area contributed by atoms with Crippen LogP contribution >= 0.6 is 22.9 Å². The van der Waals surface area contributed by atoms with Crippen LogP contribution in [0.1, 0.15) is 40.9 Å². The van der Waals surface area contributed by atoms with E-state index in [1.807, 2.05) is 24.3 Å². The quantitative estimate of drug-likeness (QED) is 0.255. The summed E-state index contributed by atoms with van der Waals surface area (Å²) in [5.41, 5.74) is -1.69. The number of ether oxygens (including phenoxy) is 3. The van der Waals surface area contributed by atoms with Crippen LogP contribution in [0, 0.1) is 5.92 Å². The second-order valence-electron chi connectivity index (χ2n) is 12.0. The SMILES string of the molecule is COc1cc(OC)c2c(c1Cl)OC1(C(=O)C3=C(CC1C)Nc1c(c(=O)n(C)c(=O)n1C)C3c1ccc(-c3nc4ccccc4s3)o1)C2=O. The number of hydrogen-bond donors (Lipinski definition) is 1. The Morgan fingerprint density at radius 3 is 2.50 bits per heavy atom. The van der Waals surface area contributed by atoms with Crippen molar-refractivity contribution < 1.29 is 28.2 Å². The summed E-state index contributed by atoms with van der Waals surface area (Å²) in [6, 6.07) is 12.6. The van der Waals surface area contributed by atoms with Gasteiger partial charge < -0.3 is 23.9 Å². The van der Waals surface area contributed by atoms with Gasteiger partial charge in [0, 0.05) is 37.3 Å². The highest BCUT2D eigenvalue weighted by molar-refractivity contribution is 7.21. The molecule has 0 amide bonds. The van der Waals surface area contributed by atoms with Gasteiger partial charge in [-0.25, -0.2) is 9.78 Å². The van der Waals surface area contributed by atoms with E-state index in [0.717, 1.165) is 14.8 Å². The molecule has 2 aliphatic heterocycles. The van der Waals surface area contributed by atoms with Gasteiger partial charge in [0.2, 0.25) is 17.2 Å². The van der Waals surface area contributed by atoms with E-state index in [1.54, 1.807) is 26.1 Å². The van der Waals surface area contributed by atoms with Crippen molar-refractivity contribution in [3.8, 4) is 28.0 Å². The van der Waals surface area contributed by atoms with Crippen molar-refractivity contribution in [2.45, 2.75) is 24.9 Å². The molecule has 8 rings (SSSR count). The van der Waals surface area contributed by atoms with Crippen molar-refractivity contribution in [2.75, 3.05) is 19.5 Å². The van der Waals surface area contributed by atoms with Crippen LogP contribution in [0.2, 0.25) is 5.02 Å². The fraction of sp³-hybridized carbons (Fsp3) is 0.265. The van der Waals surface area contributed by atoms with Crippen molar-refractivity contribution >= 4 is 50.5 Å². The number of hydrogen-bond acceptors (Lipinski definition) is 11. The number of allylic oxidation sites excluding steroid dienone is 1. The van der Waals surface area contributed by atoms with Gasteiger partial charge in [-0.05, 0) is 30.7 Å². The number of aromatic nitrogens is 3. The van der Waals surface area contributed by atoms with Gasteiger partial charge in [-0.3, -0.25) is 23.5 Å². The number of ketones is 2. The molecule has 48 heavy (non-hydrogen) atoms. The van der Waals surface area contributed by atoms with Gasteiger partial charge >= 0.3 is 5.69 Å². The molecule has 0 saturated carbocycles. The molecule has 12 nitrogen and oxygen atoms in total. The first-order valence-corrected chi connectivity index (χ1v) is 16.2. The Morgan fingerprint density at radius 2 is 1.77 bits per heavy atom. The molecule has 0 bridgehead atoms. The average molecular weight is 687 g/mol. The van der Waals surface area contributed by atoms with Crippen LogP contribution in [0.5, 0.6) is 17.2 Å². The predicted octanol–water partition coefficient (Wildman–Crippen LogP) is 5.06. The Hall–Kier alpha value is -5.14. The number of carbonyl (C=O) groups excluding carboxylic acids is 2. The predicted molar refractivity (Wildman–Crippen MR) is 178 cm³/mol. The van der Waals surface area contributed by atoms with Gasteiger partial charge in [0.15, 0.2) is 16.5 Å². The van der Waals surface area contributed by atoms with E-state index < -0.39 is 40.3 Å². The third-order valence-corrected chi connectivity index (χ3v) is 10.9. The van der Waals surface area contributed by atoms with Crippen LogP contribution in [0.25, 0.3) is 21.0 Å². The molecule has 1 spiro atoms. The van der Waals surface area contributed by atoms with E-state index in [4.69, 9.17) is 35.2 Å². The molecule has 3 unspecified atom stereocenters. The molecule has 244 valence electrons. The number of Topliss-reactive ketones (excluding diaryl/α,β-unsaturated/α-hetero) is 2. The van der Waals surface area contributed by atoms with Crippen molar-refractivity contribution in [3.05, 3.63) is 96.5 Å². The number of anilines is 1. The zero-order chi connectivity index (χ0) is 33.8. The summed E-state index contributed by atoms with van der Waals surface area (Å²) in [7, 11) is 5.73. The minimum atomic E-state index is -2.03. The summed E-state index contributed by atoms with van der Waals surface area (Å²) in [4.78, 5) is 61.3. The molecular weight excluding hydrogens is 660 g/mol. The Kier molecular flexibility index (Phi) is 6.56. The van der Waals surface area contributed by atoms with Crippen LogP contribution in [-0.2, 0) is 18.9 Å². The normalized spacial score (nSPS) is 21.2. The first kappa shape index (κ1) is 30.2. The largest absolute Gasteiger partial charge is 0.496 e. The van der Waals surface area contributed by atoms with Gasteiger partial charge in [0.25, 0.3) is 5.56 Å². The lowest BCUT2D eigenvalue weighted by Crippen LogP contribution is -2.58. The first-order chi connectivity index (χ1) is 23.0. The van der Waals surface area contributed by atoms with Crippen LogP contribution in [0.15, 0.2) is 67.7 Å². The second-order valence-corrected chi connectivity index (χ2v) is 13.4. The highest BCUT2D eigenvalue weighted by Crippen LogP contribution is 2.56. The standard InChI is InChI=1S/C34H27ClN4O8S/c1-14-12-16-22(28(40)34(14)29(41)24-19(44-4)13-20(45-5)26(35)27(24)47-34)23(25-30(36-16)38(2)33(43)39(3)32(25)42)17-10-11-18(46-17)31-37-15-8-6-7-9-21(15)48-31/h6-11,13-14,23,36H,12H2,1-5H3. The van der Waals surface area contributed by atoms with E-state index >= 15 is 4.79 Å². The molecule has 5 heterocycles. The molecule has 0 fully saturated rings. The van der Waals surface area contributed by atoms with E-state index in [2.05, 4.69) is 5.32 Å². The summed E-state index contributed by atoms with van der Waals surface area (Å²) in [6.45, 7) is 1.73. The number of halogens is 1. The van der Waals surface area contributed by atoms with Gasteiger partial charge in [0.05, 0.1) is 35.9 Å².